The number of benzene rings is 1. The summed E-state index contributed by atoms with van der Waals surface area (Å²) in [5.74, 6) is -1.10. The van der Waals surface area contributed by atoms with Gasteiger partial charge >= 0.3 is 18.2 Å². The summed E-state index contributed by atoms with van der Waals surface area (Å²) in [6.07, 6.45) is -1.93. The molecule has 12 nitrogen and oxygen atoms in total. The van der Waals surface area contributed by atoms with Crippen molar-refractivity contribution >= 4 is 94.1 Å². The Morgan fingerprint density at radius 3 is 2.54 bits per heavy atom. The molecule has 0 unspecified atom stereocenters. The SMILES string of the molecule is CCn1c(-c2cccnc2[C@H](C)OC)c2c3cc(ccc31)-c1csc(n1)C[C@H](NC(=O)N1CC[C@H]1C(F)(F)F)C(=O)N1CCC[C@H](N1)C(=O)OCC(C)(C)C2.S.S.S.S. The van der Waals surface area contributed by atoms with Crippen molar-refractivity contribution in [2.24, 2.45) is 5.41 Å². The highest BCUT2D eigenvalue weighted by molar-refractivity contribution is 7.59. The third-order valence-electron chi connectivity index (χ3n) is 10.8. The van der Waals surface area contributed by atoms with Gasteiger partial charge in [-0.1, -0.05) is 19.9 Å². The molecule has 2 fully saturated rings. The minimum Gasteiger partial charge on any atom is -0.464 e. The quantitative estimate of drug-likeness (QED) is 0.207. The summed E-state index contributed by atoms with van der Waals surface area (Å²) < 4.78 is 54.8. The number of likely N-dealkylation sites (tertiary alicyclic amines) is 1. The highest BCUT2D eigenvalue weighted by atomic mass is 32.1. The molecule has 2 saturated heterocycles. The monoisotopic (exact) mass is 917 g/mol. The maximum Gasteiger partial charge on any atom is 0.408 e. The summed E-state index contributed by atoms with van der Waals surface area (Å²) in [5.41, 5.74) is 8.78. The molecule has 0 aliphatic carbocycles. The molecule has 3 aliphatic heterocycles. The fourth-order valence-corrected chi connectivity index (χ4v) is 8.62. The number of cyclic esters (lactones) is 1. The molecule has 1 aromatic carbocycles. The number of esters is 1. The number of halogens is 3. The first kappa shape index (κ1) is 50.2. The van der Waals surface area contributed by atoms with Crippen LogP contribution in [0.3, 0.4) is 0 Å². The van der Waals surface area contributed by atoms with E-state index in [4.69, 9.17) is 19.4 Å². The number of urea groups is 1. The number of rotatable bonds is 5. The average Bonchev–Trinajstić information content (AvgIpc) is 3.73. The zero-order valence-electron chi connectivity index (χ0n) is 33.5. The Labute approximate surface area is 374 Å². The lowest BCUT2D eigenvalue weighted by Crippen LogP contribution is -2.65. The maximum atomic E-state index is 14.0. The Kier molecular flexibility index (Phi) is 17.2. The summed E-state index contributed by atoms with van der Waals surface area (Å²) >= 11 is 1.30. The summed E-state index contributed by atoms with van der Waals surface area (Å²) in [6, 6.07) is 5.16. The van der Waals surface area contributed by atoms with E-state index >= 15 is 0 Å². The van der Waals surface area contributed by atoms with Crippen LogP contribution in [0.5, 0.6) is 0 Å². The van der Waals surface area contributed by atoms with Crippen molar-refractivity contribution in [3.8, 4) is 22.5 Å². The van der Waals surface area contributed by atoms with Crippen LogP contribution in [-0.2, 0) is 38.4 Å². The van der Waals surface area contributed by atoms with Crippen LogP contribution in [0.1, 0.15) is 69.3 Å². The van der Waals surface area contributed by atoms with Crippen molar-refractivity contribution in [3.05, 3.63) is 58.2 Å². The van der Waals surface area contributed by atoms with Crippen LogP contribution in [0, 0.1) is 5.41 Å². The lowest BCUT2D eigenvalue weighted by Gasteiger charge is -2.42. The third kappa shape index (κ3) is 10.3. The van der Waals surface area contributed by atoms with Crippen molar-refractivity contribution in [2.75, 3.05) is 26.8 Å². The Bertz CT molecular complexity index is 2120. The zero-order valence-corrected chi connectivity index (χ0v) is 38.4. The number of hydrogen-bond acceptors (Lipinski definition) is 9. The number of nitrogens with zero attached hydrogens (tertiary/aromatic N) is 5. The van der Waals surface area contributed by atoms with Gasteiger partial charge in [0.05, 0.1) is 34.8 Å². The van der Waals surface area contributed by atoms with E-state index in [1.165, 1.54) is 16.3 Å². The maximum absolute atomic E-state index is 14.0. The largest absolute Gasteiger partial charge is 0.464 e. The first-order chi connectivity index (χ1) is 26.2. The Morgan fingerprint density at radius 1 is 1.14 bits per heavy atom. The molecule has 59 heavy (non-hydrogen) atoms. The highest BCUT2D eigenvalue weighted by Crippen LogP contribution is 2.42. The van der Waals surface area contributed by atoms with Gasteiger partial charge in [-0.2, -0.15) is 67.2 Å². The van der Waals surface area contributed by atoms with Crippen molar-refractivity contribution < 1.29 is 37.0 Å². The number of alkyl halides is 3. The number of ether oxygens (including phenoxy) is 2. The predicted molar refractivity (Wildman–Crippen MR) is 242 cm³/mol. The summed E-state index contributed by atoms with van der Waals surface area (Å²) in [7, 11) is 1.66. The van der Waals surface area contributed by atoms with Gasteiger partial charge in [0.25, 0.3) is 5.91 Å². The number of carbonyl (C=O) groups excluding carboxylic acids is 3. The number of aryl methyl sites for hydroxylation is 1. The molecule has 3 amide bonds. The number of amides is 3. The van der Waals surface area contributed by atoms with Gasteiger partial charge in [-0.05, 0) is 69.4 Å². The first-order valence-electron chi connectivity index (χ1n) is 18.6. The number of nitrogens with one attached hydrogen (secondary N) is 2. The van der Waals surface area contributed by atoms with Crippen LogP contribution in [0.2, 0.25) is 0 Å². The first-order valence-corrected chi connectivity index (χ1v) is 19.5. The van der Waals surface area contributed by atoms with Crippen LogP contribution in [-0.4, -0.2) is 93.5 Å². The minimum atomic E-state index is -4.58. The van der Waals surface area contributed by atoms with E-state index in [0.29, 0.717) is 41.4 Å². The Morgan fingerprint density at radius 2 is 1.88 bits per heavy atom. The lowest BCUT2D eigenvalue weighted by atomic mass is 9.84. The van der Waals surface area contributed by atoms with E-state index in [-0.39, 0.29) is 92.6 Å². The molecular weight excluding hydrogens is 864 g/mol. The van der Waals surface area contributed by atoms with E-state index in [2.05, 4.69) is 54.3 Å². The second-order valence-corrected chi connectivity index (χ2v) is 16.2. The smallest absolute Gasteiger partial charge is 0.408 e. The number of hydrogen-bond donors (Lipinski definition) is 2. The highest BCUT2D eigenvalue weighted by Gasteiger charge is 2.51. The molecule has 326 valence electrons. The second kappa shape index (κ2) is 20.2. The molecule has 0 spiro atoms. The van der Waals surface area contributed by atoms with E-state index in [9.17, 15) is 27.6 Å². The van der Waals surface area contributed by atoms with Gasteiger partial charge in [0, 0.05) is 72.2 Å². The topological polar surface area (TPSA) is 131 Å². The Hall–Kier alpha value is -3.14. The van der Waals surface area contributed by atoms with Gasteiger partial charge in [-0.3, -0.25) is 19.6 Å². The molecule has 6 bridgehead atoms. The van der Waals surface area contributed by atoms with Crippen molar-refractivity contribution in [3.63, 3.8) is 0 Å². The summed E-state index contributed by atoms with van der Waals surface area (Å²) in [5, 5.41) is 7.24. The number of methoxy groups -OCH3 is 1. The van der Waals surface area contributed by atoms with Crippen LogP contribution in [0.15, 0.2) is 41.9 Å². The predicted octanol–water partition coefficient (Wildman–Crippen LogP) is 6.88. The summed E-state index contributed by atoms with van der Waals surface area (Å²) in [6.45, 7) is 9.08. The number of hydrazine groups is 1. The van der Waals surface area contributed by atoms with Gasteiger partial charge in [-0.15, -0.1) is 11.3 Å². The normalized spacial score (nSPS) is 21.0. The second-order valence-electron chi connectivity index (χ2n) is 15.3. The van der Waals surface area contributed by atoms with Crippen LogP contribution >= 0.6 is 65.3 Å². The van der Waals surface area contributed by atoms with Gasteiger partial charge in [0.15, 0.2) is 0 Å². The van der Waals surface area contributed by atoms with Crippen molar-refractivity contribution in [1.29, 1.82) is 0 Å². The molecule has 3 aromatic heterocycles. The number of fused-ring (bicyclic) bond motifs is 6. The fraction of sp³-hybridized carbons (Fsp3) is 0.513. The van der Waals surface area contributed by atoms with E-state index in [1.54, 1.807) is 13.3 Å². The fourth-order valence-electron chi connectivity index (χ4n) is 7.77. The molecule has 20 heteroatoms. The van der Waals surface area contributed by atoms with Gasteiger partial charge in [-0.25, -0.2) is 15.2 Å². The van der Waals surface area contributed by atoms with Gasteiger partial charge in [0.2, 0.25) is 0 Å². The van der Waals surface area contributed by atoms with Gasteiger partial charge in [0.1, 0.15) is 18.1 Å². The third-order valence-corrected chi connectivity index (χ3v) is 11.7. The summed E-state index contributed by atoms with van der Waals surface area (Å²) in [4.78, 5) is 51.2. The molecule has 0 saturated carbocycles. The molecule has 4 atom stereocenters. The number of carbonyl (C=O) groups is 3. The van der Waals surface area contributed by atoms with Gasteiger partial charge < -0.3 is 24.3 Å². The van der Waals surface area contributed by atoms with E-state index < -0.39 is 47.6 Å². The Balaban J connectivity index is 0.00000233. The zero-order chi connectivity index (χ0) is 39.2. The van der Waals surface area contributed by atoms with Crippen LogP contribution in [0.4, 0.5) is 18.0 Å². The van der Waals surface area contributed by atoms with Crippen molar-refractivity contribution in [2.45, 2.75) is 96.7 Å². The van der Waals surface area contributed by atoms with E-state index in [1.807, 2.05) is 24.4 Å². The molecule has 3 aliphatic rings. The molecule has 4 aromatic rings. The number of thiazole rings is 1. The number of pyridine rings is 1. The van der Waals surface area contributed by atoms with E-state index in [0.717, 1.165) is 39.0 Å². The average molecular weight is 918 g/mol. The van der Waals surface area contributed by atoms with Crippen LogP contribution < -0.4 is 10.7 Å². The molecule has 7 rings (SSSR count). The standard InChI is InChI=1S/C39H46F3N7O5S.4H2S/c1-6-47-30-12-11-23-17-25(30)26(34(47)24-9-7-14-43-33(24)22(2)53-5)19-38(3,4)21-54-36(51)27-10-8-15-49(46-27)35(50)28(18-32-44-29(23)20-55-32)45-37(52)48-16-13-31(48)39(40,41)42;;;;/h7,9,11-12,14,17,20,22,27-28,31,46H,6,8,10,13,15-16,18-19,21H2,1-5H3,(H,45,52);4*1H2/t22-,27-,28-,31-;;;;/m0..../s1. The molecular formula is C39H54F3N7O5S5. The lowest BCUT2D eigenvalue weighted by molar-refractivity contribution is -0.199. The van der Waals surface area contributed by atoms with Crippen molar-refractivity contribution in [1.82, 2.24) is 35.2 Å². The van der Waals surface area contributed by atoms with Crippen LogP contribution in [0.25, 0.3) is 33.4 Å². The molecule has 2 N–H and O–H groups in total. The molecule has 0 radical (unpaired) electrons. The molecule has 6 heterocycles. The minimum absolute atomic E-state index is 0. The number of aromatic nitrogens is 3.